The van der Waals surface area contributed by atoms with Crippen molar-refractivity contribution in [2.75, 3.05) is 26.3 Å². The molecular weight excluding hydrogens is 392 g/mol. The molecule has 0 saturated carbocycles. The fourth-order valence-electron chi connectivity index (χ4n) is 3.70. The van der Waals surface area contributed by atoms with Crippen molar-refractivity contribution in [1.29, 1.82) is 0 Å². The van der Waals surface area contributed by atoms with Gasteiger partial charge in [0.1, 0.15) is 11.4 Å². The highest BCUT2D eigenvalue weighted by Gasteiger charge is 2.33. The first kappa shape index (κ1) is 17.8. The minimum atomic E-state index is -0.133. The van der Waals surface area contributed by atoms with Gasteiger partial charge in [-0.3, -0.25) is 4.79 Å². The van der Waals surface area contributed by atoms with Gasteiger partial charge in [0, 0.05) is 17.9 Å². The average molecular weight is 410 g/mol. The first-order chi connectivity index (χ1) is 14.2. The molecule has 29 heavy (non-hydrogen) atoms. The van der Waals surface area contributed by atoms with E-state index in [2.05, 4.69) is 9.69 Å². The molecule has 2 aliphatic heterocycles. The molecule has 3 aromatic rings. The lowest BCUT2D eigenvalue weighted by Crippen LogP contribution is -2.22. The van der Waals surface area contributed by atoms with Crippen LogP contribution in [0, 0.1) is 0 Å². The van der Waals surface area contributed by atoms with Crippen molar-refractivity contribution in [3.63, 3.8) is 0 Å². The maximum absolute atomic E-state index is 12.5. The Balaban J connectivity index is 1.58. The van der Waals surface area contributed by atoms with E-state index in [1.165, 1.54) is 11.5 Å². The van der Waals surface area contributed by atoms with Crippen molar-refractivity contribution in [3.8, 4) is 34.3 Å². The van der Waals surface area contributed by atoms with Gasteiger partial charge in [0.25, 0.3) is 0 Å². The number of hydrogen-bond acceptors (Lipinski definition) is 7. The van der Waals surface area contributed by atoms with Gasteiger partial charge in [-0.05, 0) is 53.5 Å². The molecule has 0 spiro atoms. The quantitative estimate of drug-likeness (QED) is 0.700. The van der Waals surface area contributed by atoms with Gasteiger partial charge in [-0.25, -0.2) is 0 Å². The Morgan fingerprint density at radius 2 is 1.97 bits per heavy atom. The summed E-state index contributed by atoms with van der Waals surface area (Å²) in [5.74, 6) is 2.42. The number of methoxy groups -OCH3 is 2. The van der Waals surface area contributed by atoms with Gasteiger partial charge in [-0.2, -0.15) is 4.37 Å². The molecule has 0 aliphatic carbocycles. The van der Waals surface area contributed by atoms with Crippen molar-refractivity contribution in [1.82, 2.24) is 4.37 Å². The Bertz CT molecular complexity index is 1090. The zero-order chi connectivity index (χ0) is 20.0. The zero-order valence-corrected chi connectivity index (χ0v) is 16.7. The summed E-state index contributed by atoms with van der Waals surface area (Å²) >= 11 is 1.40. The van der Waals surface area contributed by atoms with Crippen molar-refractivity contribution >= 4 is 23.1 Å². The minimum Gasteiger partial charge on any atom is -0.497 e. The number of benzene rings is 2. The van der Waals surface area contributed by atoms with Crippen LogP contribution < -0.4 is 24.3 Å². The lowest BCUT2D eigenvalue weighted by Gasteiger charge is -2.23. The van der Waals surface area contributed by atoms with Gasteiger partial charge in [0.15, 0.2) is 11.5 Å². The Morgan fingerprint density at radius 1 is 1.14 bits per heavy atom. The van der Waals surface area contributed by atoms with Crippen molar-refractivity contribution < 1.29 is 23.7 Å². The molecular formula is C21H18N2O5S. The first-order valence-corrected chi connectivity index (χ1v) is 9.86. The summed E-state index contributed by atoms with van der Waals surface area (Å²) in [5.41, 5.74) is 3.39. The van der Waals surface area contributed by atoms with E-state index in [0.29, 0.717) is 23.7 Å². The highest BCUT2D eigenvalue weighted by Crippen LogP contribution is 2.49. The SMILES string of the molecule is COc1ccc(-c2nsc3c2NC(=O)CC3c2cc(OC)c3c(c2)OCO3)cc1. The van der Waals surface area contributed by atoms with E-state index in [1.807, 2.05) is 36.4 Å². The molecule has 0 radical (unpaired) electrons. The fraction of sp³-hybridized carbons (Fsp3) is 0.238. The van der Waals surface area contributed by atoms with Gasteiger partial charge < -0.3 is 24.3 Å². The molecule has 148 valence electrons. The molecule has 2 aliphatic rings. The smallest absolute Gasteiger partial charge is 0.231 e. The van der Waals surface area contributed by atoms with E-state index in [4.69, 9.17) is 18.9 Å². The summed E-state index contributed by atoms with van der Waals surface area (Å²) in [7, 11) is 3.22. The standard InChI is InChI=1S/C21H18N2O5S/c1-25-13-5-3-11(4-6-13)18-19-21(29-23-18)14(9-17(24)22-19)12-7-15(26-2)20-16(8-12)27-10-28-20/h3-8,14H,9-10H2,1-2H3,(H,22,24). The monoisotopic (exact) mass is 410 g/mol. The van der Waals surface area contributed by atoms with Gasteiger partial charge in [-0.1, -0.05) is 0 Å². The minimum absolute atomic E-state index is 0.0471. The Morgan fingerprint density at radius 3 is 2.72 bits per heavy atom. The maximum atomic E-state index is 12.5. The number of ether oxygens (including phenoxy) is 4. The summed E-state index contributed by atoms with van der Waals surface area (Å²) < 4.78 is 26.4. The number of fused-ring (bicyclic) bond motifs is 2. The molecule has 3 heterocycles. The lowest BCUT2D eigenvalue weighted by atomic mass is 9.89. The highest BCUT2D eigenvalue weighted by atomic mass is 32.1. The maximum Gasteiger partial charge on any atom is 0.231 e. The number of carbonyl (C=O) groups excluding carboxylic acids is 1. The number of nitrogens with one attached hydrogen (secondary N) is 1. The van der Waals surface area contributed by atoms with Crippen LogP contribution in [0.5, 0.6) is 23.0 Å². The molecule has 5 rings (SSSR count). The first-order valence-electron chi connectivity index (χ1n) is 9.09. The summed E-state index contributed by atoms with van der Waals surface area (Å²) in [4.78, 5) is 13.5. The van der Waals surface area contributed by atoms with E-state index in [9.17, 15) is 4.79 Å². The molecule has 1 unspecified atom stereocenters. The topological polar surface area (TPSA) is 78.9 Å². The Labute approximate surface area is 171 Å². The van der Waals surface area contributed by atoms with Crippen LogP contribution in [0.1, 0.15) is 22.8 Å². The third-order valence-electron chi connectivity index (χ3n) is 5.14. The van der Waals surface area contributed by atoms with Crippen LogP contribution in [0.15, 0.2) is 36.4 Å². The summed E-state index contributed by atoms with van der Waals surface area (Å²) in [5, 5.41) is 3.01. The summed E-state index contributed by atoms with van der Waals surface area (Å²) in [6.45, 7) is 0.160. The molecule has 2 aromatic carbocycles. The largest absolute Gasteiger partial charge is 0.497 e. The van der Waals surface area contributed by atoms with Crippen LogP contribution in [-0.2, 0) is 4.79 Å². The number of aromatic nitrogens is 1. The van der Waals surface area contributed by atoms with Gasteiger partial charge in [-0.15, -0.1) is 0 Å². The van der Waals surface area contributed by atoms with Gasteiger partial charge >= 0.3 is 0 Å². The summed E-state index contributed by atoms with van der Waals surface area (Å²) in [6.07, 6.45) is 0.333. The van der Waals surface area contributed by atoms with Crippen molar-refractivity contribution in [3.05, 3.63) is 46.8 Å². The van der Waals surface area contributed by atoms with E-state index < -0.39 is 0 Å². The molecule has 0 bridgehead atoms. The molecule has 0 fully saturated rings. The predicted octanol–water partition coefficient (Wildman–Crippen LogP) is 4.03. The number of anilines is 1. The molecule has 1 atom stereocenters. The van der Waals surface area contributed by atoms with Crippen LogP contribution in [0.3, 0.4) is 0 Å². The van der Waals surface area contributed by atoms with E-state index in [0.717, 1.165) is 33.1 Å². The van der Waals surface area contributed by atoms with Crippen LogP contribution >= 0.6 is 11.5 Å². The third kappa shape index (κ3) is 2.96. The number of amides is 1. The second kappa shape index (κ2) is 6.97. The molecule has 1 N–H and O–H groups in total. The average Bonchev–Trinajstić information content (AvgIpc) is 3.39. The number of carbonyl (C=O) groups is 1. The highest BCUT2D eigenvalue weighted by molar-refractivity contribution is 7.07. The number of nitrogens with zero attached hydrogens (tertiary/aromatic N) is 1. The van der Waals surface area contributed by atoms with E-state index in [1.54, 1.807) is 14.2 Å². The normalized spacial score (nSPS) is 16.9. The predicted molar refractivity (Wildman–Crippen MR) is 108 cm³/mol. The fourth-order valence-corrected chi connectivity index (χ4v) is 4.67. The second-order valence-corrected chi connectivity index (χ2v) is 7.57. The van der Waals surface area contributed by atoms with Crippen molar-refractivity contribution in [2.24, 2.45) is 0 Å². The van der Waals surface area contributed by atoms with E-state index >= 15 is 0 Å². The molecule has 1 amide bonds. The van der Waals surface area contributed by atoms with Crippen LogP contribution in [0.4, 0.5) is 5.69 Å². The number of rotatable bonds is 4. The van der Waals surface area contributed by atoms with Crippen LogP contribution in [-0.4, -0.2) is 31.3 Å². The number of hydrogen-bond donors (Lipinski definition) is 1. The third-order valence-corrected chi connectivity index (χ3v) is 6.09. The molecule has 8 heteroatoms. The van der Waals surface area contributed by atoms with E-state index in [-0.39, 0.29) is 18.6 Å². The van der Waals surface area contributed by atoms with Gasteiger partial charge in [0.2, 0.25) is 18.4 Å². The van der Waals surface area contributed by atoms with Crippen LogP contribution in [0.25, 0.3) is 11.3 Å². The lowest BCUT2D eigenvalue weighted by molar-refractivity contribution is -0.116. The Kier molecular flexibility index (Phi) is 4.28. The van der Waals surface area contributed by atoms with Crippen LogP contribution in [0.2, 0.25) is 0 Å². The summed E-state index contributed by atoms with van der Waals surface area (Å²) in [6, 6.07) is 11.5. The molecule has 0 saturated heterocycles. The van der Waals surface area contributed by atoms with Crippen molar-refractivity contribution in [2.45, 2.75) is 12.3 Å². The molecule has 1 aromatic heterocycles. The van der Waals surface area contributed by atoms with Gasteiger partial charge in [0.05, 0.1) is 24.8 Å². The zero-order valence-electron chi connectivity index (χ0n) is 15.9. The molecule has 7 nitrogen and oxygen atoms in total. The Hall–Kier alpha value is -3.26. The second-order valence-electron chi connectivity index (χ2n) is 6.76.